The number of nitrogens with two attached hydrogens (primary N) is 1. The van der Waals surface area contributed by atoms with Crippen molar-refractivity contribution in [2.24, 2.45) is 0 Å². The van der Waals surface area contributed by atoms with Crippen LogP contribution in [0.3, 0.4) is 0 Å². The number of phenolic OH excluding ortho intramolecular Hbond substituents is 2. The van der Waals surface area contributed by atoms with Crippen molar-refractivity contribution in [2.75, 3.05) is 81.9 Å². The van der Waals surface area contributed by atoms with Gasteiger partial charge in [0.15, 0.2) is 6.04 Å². The maximum absolute atomic E-state index is 13.0. The summed E-state index contributed by atoms with van der Waals surface area (Å²) in [5, 5.41) is 60.5. The molecular formula is C64H85Cl2ILiN8O16P. The maximum atomic E-state index is 13.0. The van der Waals surface area contributed by atoms with E-state index in [4.69, 9.17) is 63.4 Å². The van der Waals surface area contributed by atoms with E-state index in [1.165, 1.54) is 34.8 Å². The summed E-state index contributed by atoms with van der Waals surface area (Å²) in [6.07, 6.45) is 4.81. The molecule has 24 nitrogen and oxygen atoms in total. The fourth-order valence-corrected chi connectivity index (χ4v) is 8.52. The third kappa shape index (κ3) is 28.5. The Balaban J connectivity index is 0.000000697. The van der Waals surface area contributed by atoms with Crippen LogP contribution >= 0.6 is 50.5 Å². The van der Waals surface area contributed by atoms with Gasteiger partial charge in [-0.05, 0) is 139 Å². The molecule has 3 amide bonds. The molecule has 0 radical (unpaired) electrons. The molecule has 3 fully saturated rings. The van der Waals surface area contributed by atoms with Gasteiger partial charge in [0.1, 0.15) is 40.1 Å². The number of aliphatic hydroxyl groups excluding tert-OH is 2. The number of aliphatic hydroxyl groups is 2. The number of carbonyl (C=O) groups excluding carboxylic acids is 3. The van der Waals surface area contributed by atoms with Gasteiger partial charge in [-0.25, -0.2) is 14.4 Å². The number of morpholine rings is 2. The molecular weight excluding hydrogens is 1370 g/mol. The first-order chi connectivity index (χ1) is 42.6. The molecule has 6 aromatic rings. The number of alkyl halides is 1. The molecule has 3 saturated heterocycles. The van der Waals surface area contributed by atoms with Crippen molar-refractivity contribution in [3.8, 4) is 57.7 Å². The number of halogens is 3. The normalized spacial score (nSPS) is 14.8. The molecule has 3 aliphatic heterocycles. The quantitative estimate of drug-likeness (QED) is 0.0217. The molecule has 9 rings (SSSR count). The number of carbonyl (C=O) groups is 4. The molecule has 2 aromatic heterocycles. The van der Waals surface area contributed by atoms with Gasteiger partial charge in [-0.15, -0.1) is 0 Å². The molecule has 3 unspecified atom stereocenters. The Bertz CT molecular complexity index is 3470. The number of aliphatic carboxylic acids is 1. The van der Waals surface area contributed by atoms with Gasteiger partial charge < -0.3 is 71.2 Å². The second kappa shape index (κ2) is 41.9. The first-order valence-corrected chi connectivity index (χ1v) is 35.2. The number of rotatable bonds is 9. The first-order valence-electron chi connectivity index (χ1n) is 28.5. The van der Waals surface area contributed by atoms with Gasteiger partial charge in [0, 0.05) is 82.4 Å². The summed E-state index contributed by atoms with van der Waals surface area (Å²) >= 11 is 11.1. The van der Waals surface area contributed by atoms with Crippen molar-refractivity contribution in [3.05, 3.63) is 130 Å². The van der Waals surface area contributed by atoms with Gasteiger partial charge in [0.25, 0.3) is 0 Å². The molecule has 0 bridgehead atoms. The predicted molar refractivity (Wildman–Crippen MR) is 367 cm³/mol. The fraction of sp³-hybridized carbons (Fsp3) is 0.406. The van der Waals surface area contributed by atoms with Gasteiger partial charge >= 0.3 is 69.9 Å². The van der Waals surface area contributed by atoms with Crippen LogP contribution in [0.4, 0.5) is 21.0 Å². The molecule has 3 aliphatic rings. The number of amides is 3. The van der Waals surface area contributed by atoms with Gasteiger partial charge in [-0.2, -0.15) is 10.2 Å². The number of nitrogen functional groups attached to an aromatic ring is 1. The zero-order valence-electron chi connectivity index (χ0n) is 53.6. The monoisotopic (exact) mass is 1460 g/mol. The third-order valence-electron chi connectivity index (χ3n) is 12.3. The number of aromatic hydroxyl groups is 2. The molecule has 0 aliphatic carbocycles. The number of nitrogens with zero attached hydrogens (tertiary/aromatic N) is 6. The minimum absolute atomic E-state index is 0. The summed E-state index contributed by atoms with van der Waals surface area (Å²) in [5.74, 6) is 10.9. The largest absolute Gasteiger partial charge is 1.00 e. The molecule has 93 heavy (non-hydrogen) atoms. The van der Waals surface area contributed by atoms with E-state index < -0.39 is 61.9 Å². The van der Waals surface area contributed by atoms with Crippen LogP contribution in [0.15, 0.2) is 97.3 Å². The maximum Gasteiger partial charge on any atom is 1.00 e. The van der Waals surface area contributed by atoms with Gasteiger partial charge in [-0.3, -0.25) is 24.0 Å². The Hall–Kier alpha value is -6.64. The van der Waals surface area contributed by atoms with Crippen molar-refractivity contribution in [3.63, 3.8) is 0 Å². The summed E-state index contributed by atoms with van der Waals surface area (Å²) < 4.78 is 35.8. The van der Waals surface area contributed by atoms with E-state index in [0.717, 1.165) is 18.8 Å². The Kier molecular flexibility index (Phi) is 37.2. The van der Waals surface area contributed by atoms with Gasteiger partial charge in [-0.1, -0.05) is 54.3 Å². The summed E-state index contributed by atoms with van der Waals surface area (Å²) in [4.78, 5) is 52.8. The van der Waals surface area contributed by atoms with Gasteiger partial charge in [0.2, 0.25) is 5.91 Å². The van der Waals surface area contributed by atoms with Crippen LogP contribution in [0.5, 0.6) is 11.5 Å². The zero-order valence-corrected chi connectivity index (χ0v) is 57.4. The minimum Gasteiger partial charge on any atom is -0.870 e. The third-order valence-corrected chi connectivity index (χ3v) is 12.8. The summed E-state index contributed by atoms with van der Waals surface area (Å²) in [6, 6.07) is 21.8. The summed E-state index contributed by atoms with van der Waals surface area (Å²) in [7, 11) is 0. The van der Waals surface area contributed by atoms with E-state index in [1.807, 2.05) is 17.1 Å². The summed E-state index contributed by atoms with van der Waals surface area (Å²) in [5.41, 5.74) is 10.1. The second-order valence-corrected chi connectivity index (χ2v) is 26.7. The van der Waals surface area contributed by atoms with E-state index in [0.29, 0.717) is 80.4 Å². The standard InChI is InChI=1S/C29H31ClN4O6.C19H16ClN3O2.C10H17NO5.C4H8O.CH6IP.CH4.Li.2H2O/c1-29(2,3)40-28(38)34-13-15-39-18-24(34)27(37)31-22-9-5-19(6-10-22)4-7-20-17-33(12-14-35)32-26(20)23-16-21(30)8-11-25(23)36;20-15-5-8-18(25)17(11-15)19-14(12-23(22-19)9-10-24)4-1-13-2-6-16(21)7-3-13;1-10(2,3)16-9(14)11-4-5-15-6-7(11)8(12)13;1-2-4-5-3-1;1-2-3;;;;/h5-6,8-11,16-17,24,35-36H,12-15,18H2,1-3H3,(H,31,37);2-3,5-8,11-12,24-25H,9-10,21H2;7H,4-6H2,1-3H3,(H,12,13);1-4H2;2H,3H2,1H3;1H4;;2*1H2/q;;;;;;+1;;/p-1/i;;;;2D;;;;. The Labute approximate surface area is 577 Å². The van der Waals surface area contributed by atoms with Gasteiger partial charge in [0.05, 0.1) is 63.9 Å². The molecule has 5 heterocycles. The fourth-order valence-electron chi connectivity index (χ4n) is 8.18. The SMILES string of the molecule is C.C1CCOC1.CC(C)(C)OC(=O)N1CCOCC1C(=O)Nc1ccc(C#Cc2cn(CCO)nc2-c2cc(Cl)ccc2O)cc1.CC(C)(C)OC(=O)N1CCOCC1C(=O)O.Nc1ccc(C#Cc2cn(CCO)nc2-c2cc(Cl)ccc2O)cc1.O.[2H]I(C)P.[Li+].[OH-]. The van der Waals surface area contributed by atoms with Crippen molar-refractivity contribution in [2.45, 2.75) is 98.2 Å². The van der Waals surface area contributed by atoms with E-state index in [1.54, 1.807) is 124 Å². The molecule has 4 aromatic carbocycles. The number of hydrogen-bond donors (Lipinski definition) is 7. The minimum atomic E-state index is -1.10. The number of phenols is 2. The second-order valence-electron chi connectivity index (χ2n) is 21.7. The summed E-state index contributed by atoms with van der Waals surface area (Å²) in [6.45, 7) is 16.7. The number of anilines is 2. The van der Waals surface area contributed by atoms with Crippen molar-refractivity contribution in [1.82, 2.24) is 29.4 Å². The van der Waals surface area contributed by atoms with E-state index in [9.17, 15) is 34.5 Å². The van der Waals surface area contributed by atoms with Crippen LogP contribution in [-0.4, -0.2) is 185 Å². The first kappa shape index (κ1) is 82.4. The number of hydrogen-bond acceptors (Lipinski definition) is 17. The topological polar surface area (TPSA) is 357 Å². The molecule has 504 valence electrons. The van der Waals surface area contributed by atoms with Crippen molar-refractivity contribution >= 4 is 86.0 Å². The van der Waals surface area contributed by atoms with Crippen molar-refractivity contribution in [1.29, 1.82) is 0.594 Å². The number of benzene rings is 4. The molecule has 0 spiro atoms. The average Bonchev–Trinajstić information content (AvgIpc) is 1.60. The van der Waals surface area contributed by atoms with E-state index in [-0.39, 0.29) is 101 Å². The van der Waals surface area contributed by atoms with Crippen LogP contribution in [0.1, 0.15) is 84.1 Å². The zero-order chi connectivity index (χ0) is 66.1. The van der Waals surface area contributed by atoms with Crippen LogP contribution in [0, 0.1) is 23.7 Å². The van der Waals surface area contributed by atoms with Crippen LogP contribution in [0.2, 0.25) is 10.0 Å². The number of ether oxygens (including phenoxy) is 5. The van der Waals surface area contributed by atoms with E-state index in [2.05, 4.69) is 46.1 Å². The number of carboxylic acid groups (broad SMARTS) is 1. The van der Waals surface area contributed by atoms with E-state index >= 15 is 0 Å². The Morgan fingerprint density at radius 2 is 1.10 bits per heavy atom. The smallest absolute Gasteiger partial charge is 0.870 e. The predicted octanol–water partition coefficient (Wildman–Crippen LogP) is 6.01. The van der Waals surface area contributed by atoms with Crippen LogP contribution in [-0.2, 0) is 46.4 Å². The van der Waals surface area contributed by atoms with Crippen LogP contribution < -0.4 is 29.9 Å². The average molecular weight is 1460 g/mol. The number of aromatic nitrogens is 4. The molecule has 3 atom stereocenters. The van der Waals surface area contributed by atoms with Crippen molar-refractivity contribution < 1.29 is 98.2 Å². The Morgan fingerprint density at radius 1 is 0.699 bits per heavy atom. The van der Waals surface area contributed by atoms with Crippen LogP contribution in [0.25, 0.3) is 22.5 Å². The molecule has 29 heteroatoms. The Morgan fingerprint density at radius 3 is 1.47 bits per heavy atom. The number of nitrogens with one attached hydrogen (secondary N) is 1. The number of carboxylic acids is 1. The molecule has 0 saturated carbocycles. The molecule has 11 N–H and O–H groups in total.